The average molecular weight is 447 g/mol. The van der Waals surface area contributed by atoms with E-state index in [-0.39, 0.29) is 30.7 Å². The number of hydrogen-bond acceptors (Lipinski definition) is 5. The van der Waals surface area contributed by atoms with Gasteiger partial charge in [-0.2, -0.15) is 0 Å². The van der Waals surface area contributed by atoms with Gasteiger partial charge >= 0.3 is 0 Å². The van der Waals surface area contributed by atoms with E-state index in [0.717, 1.165) is 64.6 Å². The molecular weight excluding hydrogens is 404 g/mol. The fraction of sp³-hybridized carbons (Fsp3) is 0.815. The predicted molar refractivity (Wildman–Crippen MR) is 124 cm³/mol. The van der Waals surface area contributed by atoms with Gasteiger partial charge in [0.25, 0.3) is 0 Å². The molecule has 2 saturated carbocycles. The monoisotopic (exact) mass is 446 g/mol. The summed E-state index contributed by atoms with van der Waals surface area (Å²) in [6.07, 6.45) is 17.4. The Hall–Kier alpha value is -1.01. The summed E-state index contributed by atoms with van der Waals surface area (Å²) in [5.41, 5.74) is 0. The summed E-state index contributed by atoms with van der Waals surface area (Å²) in [7, 11) is 0. The highest BCUT2D eigenvalue weighted by molar-refractivity contribution is 5.81. The molecule has 5 heteroatoms. The maximum absolute atomic E-state index is 12.2. The van der Waals surface area contributed by atoms with Crippen LogP contribution in [0, 0.1) is 23.7 Å². The molecule has 0 spiro atoms. The lowest BCUT2D eigenvalue weighted by molar-refractivity contribution is -0.193. The first-order valence-electron chi connectivity index (χ1n) is 13.0. The summed E-state index contributed by atoms with van der Waals surface area (Å²) in [5.74, 6) is 1.88. The molecule has 4 rings (SSSR count). The molecule has 2 saturated heterocycles. The molecule has 0 N–H and O–H groups in total. The zero-order chi connectivity index (χ0) is 22.3. The maximum Gasteiger partial charge on any atom is 0.158 e. The summed E-state index contributed by atoms with van der Waals surface area (Å²) in [6.45, 7) is 7.71. The lowest BCUT2D eigenvalue weighted by Crippen LogP contribution is -2.32. The van der Waals surface area contributed by atoms with Crippen molar-refractivity contribution in [1.29, 1.82) is 0 Å². The number of carbonyl (C=O) groups excluding carboxylic acids is 1. The highest BCUT2D eigenvalue weighted by Gasteiger charge is 2.48. The van der Waals surface area contributed by atoms with Gasteiger partial charge in [-0.15, -0.1) is 6.58 Å². The van der Waals surface area contributed by atoms with E-state index in [1.165, 1.54) is 6.42 Å². The number of ketones is 1. The van der Waals surface area contributed by atoms with Crippen molar-refractivity contribution < 1.29 is 23.7 Å². The summed E-state index contributed by atoms with van der Waals surface area (Å²) >= 11 is 0. The molecular formula is C27H42O5. The normalized spacial score (nSPS) is 37.5. The van der Waals surface area contributed by atoms with Crippen molar-refractivity contribution in [3.63, 3.8) is 0 Å². The second-order valence-corrected chi connectivity index (χ2v) is 10.3. The number of hydrogen-bond donors (Lipinski definition) is 0. The summed E-state index contributed by atoms with van der Waals surface area (Å²) in [6, 6.07) is 0. The van der Waals surface area contributed by atoms with Crippen LogP contribution in [-0.2, 0) is 23.7 Å². The van der Waals surface area contributed by atoms with Gasteiger partial charge in [0, 0.05) is 32.0 Å². The average Bonchev–Trinajstić information content (AvgIpc) is 3.31. The van der Waals surface area contributed by atoms with Crippen LogP contribution in [0.3, 0.4) is 0 Å². The van der Waals surface area contributed by atoms with Crippen molar-refractivity contribution in [2.75, 3.05) is 13.2 Å². The first-order valence-corrected chi connectivity index (χ1v) is 13.0. The molecule has 180 valence electrons. The van der Waals surface area contributed by atoms with Crippen molar-refractivity contribution in [3.8, 4) is 0 Å². The van der Waals surface area contributed by atoms with Crippen molar-refractivity contribution in [3.05, 3.63) is 24.8 Å². The van der Waals surface area contributed by atoms with E-state index in [0.29, 0.717) is 36.4 Å². The number of ether oxygens (including phenoxy) is 4. The Morgan fingerprint density at radius 1 is 1.09 bits per heavy atom. The van der Waals surface area contributed by atoms with Crippen molar-refractivity contribution in [2.45, 2.75) is 102 Å². The SMILES string of the molecule is C=CCCC(C)C(C=CC1C(OC2CCCCO2)CC2CC(=O)CC21)OC1CCCCO1. The van der Waals surface area contributed by atoms with E-state index >= 15 is 0 Å². The van der Waals surface area contributed by atoms with Crippen molar-refractivity contribution >= 4 is 5.78 Å². The third-order valence-electron chi connectivity index (χ3n) is 7.84. The molecule has 32 heavy (non-hydrogen) atoms. The van der Waals surface area contributed by atoms with Crippen molar-refractivity contribution in [1.82, 2.24) is 0 Å². The van der Waals surface area contributed by atoms with Crippen LogP contribution in [0.5, 0.6) is 0 Å². The van der Waals surface area contributed by atoms with Crippen LogP contribution in [0.1, 0.15) is 77.6 Å². The summed E-state index contributed by atoms with van der Waals surface area (Å²) in [4.78, 5) is 12.2. The molecule has 0 amide bonds. The summed E-state index contributed by atoms with van der Waals surface area (Å²) < 4.78 is 24.7. The molecule has 0 radical (unpaired) electrons. The Morgan fingerprint density at radius 2 is 1.84 bits per heavy atom. The Bertz CT molecular complexity index is 634. The first-order chi connectivity index (χ1) is 15.6. The molecule has 8 atom stereocenters. The van der Waals surface area contributed by atoms with Crippen LogP contribution in [0.15, 0.2) is 24.8 Å². The van der Waals surface area contributed by atoms with Crippen LogP contribution in [0.4, 0.5) is 0 Å². The number of allylic oxidation sites excluding steroid dienone is 1. The van der Waals surface area contributed by atoms with Gasteiger partial charge in [-0.3, -0.25) is 4.79 Å². The van der Waals surface area contributed by atoms with E-state index in [4.69, 9.17) is 18.9 Å². The van der Waals surface area contributed by atoms with Crippen LogP contribution in [-0.4, -0.2) is 43.8 Å². The van der Waals surface area contributed by atoms with Gasteiger partial charge in [0.2, 0.25) is 0 Å². The van der Waals surface area contributed by atoms with Gasteiger partial charge in [0.05, 0.1) is 12.2 Å². The molecule has 4 fully saturated rings. The van der Waals surface area contributed by atoms with E-state index in [9.17, 15) is 4.79 Å². The molecule has 0 aromatic heterocycles. The van der Waals surface area contributed by atoms with E-state index in [1.807, 2.05) is 6.08 Å². The second-order valence-electron chi connectivity index (χ2n) is 10.3. The number of fused-ring (bicyclic) bond motifs is 1. The van der Waals surface area contributed by atoms with E-state index < -0.39 is 0 Å². The van der Waals surface area contributed by atoms with Crippen LogP contribution in [0.2, 0.25) is 0 Å². The minimum absolute atomic E-state index is 0.000727. The van der Waals surface area contributed by atoms with Gasteiger partial charge < -0.3 is 18.9 Å². The lowest BCUT2D eigenvalue weighted by atomic mass is 9.89. The summed E-state index contributed by atoms with van der Waals surface area (Å²) in [5, 5.41) is 0. The quantitative estimate of drug-likeness (QED) is 0.410. The Balaban J connectivity index is 1.45. The third-order valence-corrected chi connectivity index (χ3v) is 7.84. The Morgan fingerprint density at radius 3 is 2.53 bits per heavy atom. The van der Waals surface area contributed by atoms with Crippen LogP contribution in [0.25, 0.3) is 0 Å². The fourth-order valence-electron chi connectivity index (χ4n) is 5.97. The van der Waals surface area contributed by atoms with Gasteiger partial charge in [-0.05, 0) is 75.5 Å². The zero-order valence-corrected chi connectivity index (χ0v) is 19.8. The highest BCUT2D eigenvalue weighted by atomic mass is 16.7. The molecule has 2 aliphatic heterocycles. The van der Waals surface area contributed by atoms with E-state index in [2.05, 4.69) is 25.7 Å². The molecule has 0 bridgehead atoms. The third kappa shape index (κ3) is 6.31. The molecule has 8 unspecified atom stereocenters. The second kappa shape index (κ2) is 11.9. The number of Topliss-reactive ketones (excluding diaryl/α,β-unsaturated/α-hetero) is 1. The first kappa shape index (κ1) is 24.1. The minimum atomic E-state index is -0.114. The van der Waals surface area contributed by atoms with Gasteiger partial charge in [0.1, 0.15) is 5.78 Å². The van der Waals surface area contributed by atoms with Gasteiger partial charge in [-0.25, -0.2) is 0 Å². The fourth-order valence-corrected chi connectivity index (χ4v) is 5.97. The largest absolute Gasteiger partial charge is 0.353 e. The van der Waals surface area contributed by atoms with Crippen LogP contribution < -0.4 is 0 Å². The molecule has 5 nitrogen and oxygen atoms in total. The van der Waals surface area contributed by atoms with Gasteiger partial charge in [-0.1, -0.05) is 25.2 Å². The van der Waals surface area contributed by atoms with Gasteiger partial charge in [0.15, 0.2) is 12.6 Å². The topological polar surface area (TPSA) is 54.0 Å². The lowest BCUT2D eigenvalue weighted by Gasteiger charge is -2.31. The van der Waals surface area contributed by atoms with Crippen molar-refractivity contribution in [2.24, 2.45) is 23.7 Å². The molecule has 2 heterocycles. The molecule has 0 aromatic rings. The minimum Gasteiger partial charge on any atom is -0.353 e. The Kier molecular flexibility index (Phi) is 8.98. The smallest absolute Gasteiger partial charge is 0.158 e. The highest BCUT2D eigenvalue weighted by Crippen LogP contribution is 2.48. The predicted octanol–water partition coefficient (Wildman–Crippen LogP) is 5.58. The van der Waals surface area contributed by atoms with E-state index in [1.54, 1.807) is 0 Å². The molecule has 4 aliphatic rings. The standard InChI is InChI=1S/C27H42O5/c1-3-4-9-19(2)24(31-26-10-5-7-14-29-26)13-12-22-23-18-21(28)16-20(23)17-25(22)32-27-11-6-8-15-30-27/h3,12-13,19-20,22-27H,1,4-11,14-18H2,2H3. The number of rotatable bonds is 10. The molecule has 2 aliphatic carbocycles. The maximum atomic E-state index is 12.2. The zero-order valence-electron chi connectivity index (χ0n) is 19.8. The Labute approximate surface area is 193 Å². The number of carbonyl (C=O) groups is 1. The van der Waals surface area contributed by atoms with Crippen LogP contribution >= 0.6 is 0 Å². The molecule has 0 aromatic carbocycles.